The highest BCUT2D eigenvalue weighted by Gasteiger charge is 2.11. The van der Waals surface area contributed by atoms with Crippen LogP contribution in [0.2, 0.25) is 0 Å². The number of aliphatic hydroxyl groups excluding tert-OH is 1. The molecule has 0 aliphatic heterocycles. The SMILES string of the molecule is CC(C)CC(O)CNC(=O)c1ccc(C(C)C)nc1. The molecule has 1 heterocycles. The molecule has 0 aromatic carbocycles. The molecular weight excluding hydrogens is 240 g/mol. The van der Waals surface area contributed by atoms with E-state index in [4.69, 9.17) is 0 Å². The molecule has 4 heteroatoms. The first-order valence-corrected chi connectivity index (χ1v) is 6.82. The van der Waals surface area contributed by atoms with Crippen LogP contribution in [0.5, 0.6) is 0 Å². The first kappa shape index (κ1) is 15.6. The van der Waals surface area contributed by atoms with Gasteiger partial charge in [-0.15, -0.1) is 0 Å². The molecule has 1 unspecified atom stereocenters. The zero-order valence-electron chi connectivity index (χ0n) is 12.2. The summed E-state index contributed by atoms with van der Waals surface area (Å²) in [5.41, 5.74) is 1.50. The lowest BCUT2D eigenvalue weighted by Gasteiger charge is -2.14. The number of aromatic nitrogens is 1. The largest absolute Gasteiger partial charge is 0.391 e. The van der Waals surface area contributed by atoms with Crippen LogP contribution in [0.15, 0.2) is 18.3 Å². The van der Waals surface area contributed by atoms with E-state index < -0.39 is 6.10 Å². The minimum absolute atomic E-state index is 0.189. The van der Waals surface area contributed by atoms with Crippen molar-refractivity contribution in [3.8, 4) is 0 Å². The highest BCUT2D eigenvalue weighted by atomic mass is 16.3. The normalized spacial score (nSPS) is 12.8. The van der Waals surface area contributed by atoms with Gasteiger partial charge in [0.2, 0.25) is 0 Å². The van der Waals surface area contributed by atoms with Gasteiger partial charge in [0.25, 0.3) is 5.91 Å². The molecule has 1 amide bonds. The molecule has 106 valence electrons. The summed E-state index contributed by atoms with van der Waals surface area (Å²) < 4.78 is 0. The number of amides is 1. The monoisotopic (exact) mass is 264 g/mol. The van der Waals surface area contributed by atoms with Crippen molar-refractivity contribution >= 4 is 5.91 Å². The van der Waals surface area contributed by atoms with Crippen LogP contribution in [0, 0.1) is 5.92 Å². The number of rotatable bonds is 6. The minimum Gasteiger partial charge on any atom is -0.391 e. The van der Waals surface area contributed by atoms with Gasteiger partial charge in [0.15, 0.2) is 0 Å². The van der Waals surface area contributed by atoms with Gasteiger partial charge in [0.05, 0.1) is 11.7 Å². The number of aliphatic hydroxyl groups is 1. The molecule has 1 aromatic heterocycles. The maximum Gasteiger partial charge on any atom is 0.252 e. The van der Waals surface area contributed by atoms with Gasteiger partial charge in [-0.1, -0.05) is 27.7 Å². The van der Waals surface area contributed by atoms with Gasteiger partial charge < -0.3 is 10.4 Å². The van der Waals surface area contributed by atoms with Crippen molar-refractivity contribution in [3.63, 3.8) is 0 Å². The van der Waals surface area contributed by atoms with Crippen LogP contribution in [0.4, 0.5) is 0 Å². The lowest BCUT2D eigenvalue weighted by Crippen LogP contribution is -2.32. The molecule has 0 spiro atoms. The maximum absolute atomic E-state index is 11.9. The number of hydrogen-bond donors (Lipinski definition) is 2. The fourth-order valence-corrected chi connectivity index (χ4v) is 1.82. The van der Waals surface area contributed by atoms with Crippen molar-refractivity contribution in [1.29, 1.82) is 0 Å². The topological polar surface area (TPSA) is 62.2 Å². The standard InChI is InChI=1S/C15H24N2O2/c1-10(2)7-13(18)9-17-15(19)12-5-6-14(11(3)4)16-8-12/h5-6,8,10-11,13,18H,7,9H2,1-4H3,(H,17,19). The third kappa shape index (κ3) is 5.39. The Kier molecular flexibility index (Phi) is 5.96. The molecule has 4 nitrogen and oxygen atoms in total. The molecule has 19 heavy (non-hydrogen) atoms. The Labute approximate surface area is 115 Å². The lowest BCUT2D eigenvalue weighted by molar-refractivity contribution is 0.0900. The number of carbonyl (C=O) groups is 1. The summed E-state index contributed by atoms with van der Waals surface area (Å²) in [5.74, 6) is 0.578. The zero-order chi connectivity index (χ0) is 14.4. The van der Waals surface area contributed by atoms with Crippen molar-refractivity contribution in [1.82, 2.24) is 10.3 Å². The number of hydrogen-bond acceptors (Lipinski definition) is 3. The van der Waals surface area contributed by atoms with Crippen molar-refractivity contribution in [2.45, 2.75) is 46.1 Å². The van der Waals surface area contributed by atoms with Crippen molar-refractivity contribution in [2.24, 2.45) is 5.92 Å². The molecule has 1 atom stereocenters. The summed E-state index contributed by atoms with van der Waals surface area (Å²) in [6.45, 7) is 8.48. The van der Waals surface area contributed by atoms with Crippen LogP contribution in [0.25, 0.3) is 0 Å². The van der Waals surface area contributed by atoms with Gasteiger partial charge in [-0.3, -0.25) is 9.78 Å². The van der Waals surface area contributed by atoms with Gasteiger partial charge in [-0.2, -0.15) is 0 Å². The Balaban J connectivity index is 2.49. The molecule has 0 aliphatic rings. The summed E-state index contributed by atoms with van der Waals surface area (Å²) in [7, 11) is 0. The van der Waals surface area contributed by atoms with E-state index >= 15 is 0 Å². The zero-order valence-corrected chi connectivity index (χ0v) is 12.2. The van der Waals surface area contributed by atoms with Crippen LogP contribution in [0.3, 0.4) is 0 Å². The highest BCUT2D eigenvalue weighted by molar-refractivity contribution is 5.93. The highest BCUT2D eigenvalue weighted by Crippen LogP contribution is 2.11. The Morgan fingerprint density at radius 3 is 2.47 bits per heavy atom. The second-order valence-electron chi connectivity index (χ2n) is 5.62. The Hall–Kier alpha value is -1.42. The molecule has 0 aliphatic carbocycles. The van der Waals surface area contributed by atoms with Gasteiger partial charge in [0, 0.05) is 18.4 Å². The van der Waals surface area contributed by atoms with Gasteiger partial charge in [0.1, 0.15) is 0 Å². The molecule has 0 saturated heterocycles. The second kappa shape index (κ2) is 7.24. The van der Waals surface area contributed by atoms with E-state index in [2.05, 4.69) is 24.1 Å². The van der Waals surface area contributed by atoms with E-state index in [-0.39, 0.29) is 12.5 Å². The summed E-state index contributed by atoms with van der Waals surface area (Å²) in [6.07, 6.45) is 1.77. The molecular formula is C15H24N2O2. The van der Waals surface area contributed by atoms with Crippen molar-refractivity contribution < 1.29 is 9.90 Å². The smallest absolute Gasteiger partial charge is 0.252 e. The second-order valence-corrected chi connectivity index (χ2v) is 5.62. The average Bonchev–Trinajstić information content (AvgIpc) is 2.35. The molecule has 2 N–H and O–H groups in total. The lowest BCUT2D eigenvalue weighted by atomic mass is 10.1. The Morgan fingerprint density at radius 1 is 1.32 bits per heavy atom. The molecule has 0 radical (unpaired) electrons. The van der Waals surface area contributed by atoms with Gasteiger partial charge in [-0.05, 0) is 30.4 Å². The van der Waals surface area contributed by atoms with E-state index in [1.165, 1.54) is 0 Å². The summed E-state index contributed by atoms with van der Waals surface area (Å²) in [5, 5.41) is 12.4. The fourth-order valence-electron chi connectivity index (χ4n) is 1.82. The van der Waals surface area contributed by atoms with E-state index in [0.717, 1.165) is 5.69 Å². The first-order valence-electron chi connectivity index (χ1n) is 6.82. The van der Waals surface area contributed by atoms with E-state index in [1.807, 2.05) is 19.9 Å². The minimum atomic E-state index is -0.494. The number of nitrogens with zero attached hydrogens (tertiary/aromatic N) is 1. The molecule has 1 aromatic rings. The summed E-state index contributed by atoms with van der Waals surface area (Å²) in [6, 6.07) is 3.64. The molecule has 0 bridgehead atoms. The first-order chi connectivity index (χ1) is 8.90. The van der Waals surface area contributed by atoms with Crippen molar-refractivity contribution in [2.75, 3.05) is 6.54 Å². The average molecular weight is 264 g/mol. The predicted molar refractivity (Wildman–Crippen MR) is 76.1 cm³/mol. The number of carbonyl (C=O) groups excluding carboxylic acids is 1. The third-order valence-electron chi connectivity index (χ3n) is 2.88. The van der Waals surface area contributed by atoms with Crippen LogP contribution in [0.1, 0.15) is 56.1 Å². The summed E-state index contributed by atoms with van der Waals surface area (Å²) in [4.78, 5) is 16.1. The summed E-state index contributed by atoms with van der Waals surface area (Å²) >= 11 is 0. The quantitative estimate of drug-likeness (QED) is 0.829. The van der Waals surface area contributed by atoms with Crippen LogP contribution >= 0.6 is 0 Å². The number of pyridine rings is 1. The van der Waals surface area contributed by atoms with Crippen LogP contribution in [-0.2, 0) is 0 Å². The maximum atomic E-state index is 11.9. The Morgan fingerprint density at radius 2 is 2.00 bits per heavy atom. The van der Waals surface area contributed by atoms with Crippen LogP contribution in [-0.4, -0.2) is 28.6 Å². The predicted octanol–water partition coefficient (Wildman–Crippen LogP) is 2.34. The van der Waals surface area contributed by atoms with E-state index in [9.17, 15) is 9.90 Å². The van der Waals surface area contributed by atoms with Gasteiger partial charge in [-0.25, -0.2) is 0 Å². The van der Waals surface area contributed by atoms with Crippen LogP contribution < -0.4 is 5.32 Å². The Bertz CT molecular complexity index is 399. The molecule has 0 fully saturated rings. The van der Waals surface area contributed by atoms with Gasteiger partial charge >= 0.3 is 0 Å². The number of nitrogens with one attached hydrogen (secondary N) is 1. The third-order valence-corrected chi connectivity index (χ3v) is 2.88. The molecule has 0 saturated carbocycles. The molecule has 1 rings (SSSR count). The van der Waals surface area contributed by atoms with E-state index in [1.54, 1.807) is 12.3 Å². The van der Waals surface area contributed by atoms with E-state index in [0.29, 0.717) is 23.8 Å². The fraction of sp³-hybridized carbons (Fsp3) is 0.600. The van der Waals surface area contributed by atoms with Crippen molar-refractivity contribution in [3.05, 3.63) is 29.6 Å².